The van der Waals surface area contributed by atoms with Crippen LogP contribution in [0.5, 0.6) is 0 Å². The number of amides is 2. The number of nitrogens with zero attached hydrogens (tertiary/aromatic N) is 3. The Morgan fingerprint density at radius 1 is 1.40 bits per heavy atom. The van der Waals surface area contributed by atoms with Crippen molar-refractivity contribution in [1.29, 1.82) is 0 Å². The first kappa shape index (κ1) is 17.3. The lowest BCUT2D eigenvalue weighted by Crippen LogP contribution is -2.41. The summed E-state index contributed by atoms with van der Waals surface area (Å²) in [7, 11) is 1.61. The van der Waals surface area contributed by atoms with E-state index in [1.807, 2.05) is 18.3 Å². The topological polar surface area (TPSA) is 79.3 Å². The monoisotopic (exact) mass is 361 g/mol. The normalized spacial score (nSPS) is 13.4. The van der Waals surface area contributed by atoms with E-state index in [4.69, 9.17) is 11.6 Å². The van der Waals surface area contributed by atoms with Gasteiger partial charge in [0.05, 0.1) is 24.5 Å². The Kier molecular flexibility index (Phi) is 5.23. The lowest BCUT2D eigenvalue weighted by molar-refractivity contribution is -0.133. The fourth-order valence-electron chi connectivity index (χ4n) is 2.37. The van der Waals surface area contributed by atoms with E-state index in [9.17, 15) is 9.59 Å². The van der Waals surface area contributed by atoms with Crippen LogP contribution in [0, 0.1) is 0 Å². The summed E-state index contributed by atoms with van der Waals surface area (Å²) >= 11 is 6.06. The number of aromatic nitrogens is 2. The maximum atomic E-state index is 12.3. The van der Waals surface area contributed by atoms with Crippen molar-refractivity contribution < 1.29 is 9.59 Å². The van der Waals surface area contributed by atoms with Crippen LogP contribution in [0.1, 0.15) is 12.8 Å². The molecule has 25 heavy (non-hydrogen) atoms. The number of benzene rings is 1. The van der Waals surface area contributed by atoms with Crippen LogP contribution in [0.3, 0.4) is 0 Å². The van der Waals surface area contributed by atoms with Gasteiger partial charge in [0.2, 0.25) is 11.8 Å². The Hall–Kier alpha value is -2.54. The quantitative estimate of drug-likeness (QED) is 0.786. The molecule has 7 nitrogen and oxygen atoms in total. The minimum atomic E-state index is -0.183. The molecule has 0 unspecified atom stereocenters. The summed E-state index contributed by atoms with van der Waals surface area (Å²) in [4.78, 5) is 25.5. The minimum Gasteiger partial charge on any atom is -0.374 e. The summed E-state index contributed by atoms with van der Waals surface area (Å²) in [6.07, 6.45) is 5.53. The molecule has 0 radical (unpaired) electrons. The Labute approximate surface area is 150 Å². The van der Waals surface area contributed by atoms with Gasteiger partial charge in [0, 0.05) is 30.5 Å². The molecule has 0 spiro atoms. The van der Waals surface area contributed by atoms with E-state index in [0.717, 1.165) is 18.5 Å². The van der Waals surface area contributed by atoms with E-state index in [2.05, 4.69) is 15.7 Å². The van der Waals surface area contributed by atoms with Crippen LogP contribution in [0.15, 0.2) is 36.7 Å². The molecule has 3 rings (SSSR count). The zero-order valence-corrected chi connectivity index (χ0v) is 14.7. The molecule has 0 saturated heterocycles. The van der Waals surface area contributed by atoms with Gasteiger partial charge < -0.3 is 15.5 Å². The molecule has 0 atom stereocenters. The van der Waals surface area contributed by atoms with Gasteiger partial charge in [-0.1, -0.05) is 11.6 Å². The molecule has 2 N–H and O–H groups in total. The van der Waals surface area contributed by atoms with Gasteiger partial charge in [-0.3, -0.25) is 9.59 Å². The Morgan fingerprint density at radius 2 is 2.20 bits per heavy atom. The summed E-state index contributed by atoms with van der Waals surface area (Å²) in [5.74, 6) is -0.310. The average Bonchev–Trinajstić information content (AvgIpc) is 3.22. The molecule has 1 aliphatic carbocycles. The third-order valence-electron chi connectivity index (χ3n) is 3.89. The van der Waals surface area contributed by atoms with Crippen molar-refractivity contribution in [2.45, 2.75) is 18.9 Å². The van der Waals surface area contributed by atoms with E-state index in [1.54, 1.807) is 30.1 Å². The molecule has 1 fully saturated rings. The van der Waals surface area contributed by atoms with Crippen LogP contribution in [0.25, 0.3) is 5.69 Å². The second kappa shape index (κ2) is 7.57. The first-order valence-corrected chi connectivity index (χ1v) is 8.47. The molecular weight excluding hydrogens is 342 g/mol. The lowest BCUT2D eigenvalue weighted by atomic mass is 10.2. The summed E-state index contributed by atoms with van der Waals surface area (Å²) in [6.45, 7) is 0.111. The number of hydrogen-bond acceptors (Lipinski definition) is 4. The van der Waals surface area contributed by atoms with Crippen LogP contribution in [-0.4, -0.2) is 52.7 Å². The van der Waals surface area contributed by atoms with Gasteiger partial charge in [-0.25, -0.2) is 4.68 Å². The summed E-state index contributed by atoms with van der Waals surface area (Å²) < 4.78 is 1.69. The Morgan fingerprint density at radius 3 is 2.88 bits per heavy atom. The third-order valence-corrected chi connectivity index (χ3v) is 4.12. The van der Waals surface area contributed by atoms with Crippen molar-refractivity contribution in [3.05, 3.63) is 41.7 Å². The predicted molar refractivity (Wildman–Crippen MR) is 95.9 cm³/mol. The SMILES string of the molecule is CN(CC(=O)NC1CC1)C(=O)CNc1cc(Cl)ccc1-n1cccn1. The number of halogens is 1. The van der Waals surface area contributed by atoms with Crippen molar-refractivity contribution in [3.8, 4) is 5.69 Å². The molecule has 8 heteroatoms. The largest absolute Gasteiger partial charge is 0.374 e. The van der Waals surface area contributed by atoms with Crippen LogP contribution in [0.4, 0.5) is 5.69 Å². The fourth-order valence-corrected chi connectivity index (χ4v) is 2.54. The summed E-state index contributed by atoms with van der Waals surface area (Å²) in [5, 5.41) is 10.7. The van der Waals surface area contributed by atoms with E-state index < -0.39 is 0 Å². The van der Waals surface area contributed by atoms with Gasteiger partial charge >= 0.3 is 0 Å². The van der Waals surface area contributed by atoms with Crippen molar-refractivity contribution in [2.75, 3.05) is 25.5 Å². The van der Waals surface area contributed by atoms with Gasteiger partial charge in [0.1, 0.15) is 0 Å². The molecule has 0 aliphatic heterocycles. The second-order valence-corrected chi connectivity index (χ2v) is 6.49. The number of nitrogens with one attached hydrogen (secondary N) is 2. The predicted octanol–water partition coefficient (Wildman–Crippen LogP) is 1.67. The fraction of sp³-hybridized carbons (Fsp3) is 0.353. The molecule has 2 amide bonds. The summed E-state index contributed by atoms with van der Waals surface area (Å²) in [5.41, 5.74) is 1.48. The standard InChI is InChI=1S/C17H20ClN5O2/c1-22(11-16(24)21-13-4-5-13)17(25)10-19-14-9-12(18)3-6-15(14)23-8-2-7-20-23/h2-3,6-9,13,19H,4-5,10-11H2,1H3,(H,21,24). The van der Waals surface area contributed by atoms with E-state index in [1.165, 1.54) is 4.90 Å². The number of likely N-dealkylation sites (N-methyl/N-ethyl adjacent to an activating group) is 1. The number of carbonyl (C=O) groups excluding carboxylic acids is 2. The second-order valence-electron chi connectivity index (χ2n) is 6.06. The lowest BCUT2D eigenvalue weighted by Gasteiger charge is -2.18. The van der Waals surface area contributed by atoms with Crippen molar-refractivity contribution in [2.24, 2.45) is 0 Å². The van der Waals surface area contributed by atoms with E-state index in [0.29, 0.717) is 10.7 Å². The maximum absolute atomic E-state index is 12.3. The molecule has 0 bridgehead atoms. The number of rotatable bonds is 7. The summed E-state index contributed by atoms with van der Waals surface area (Å²) in [6, 6.07) is 7.44. The average molecular weight is 362 g/mol. The van der Waals surface area contributed by atoms with Crippen molar-refractivity contribution in [1.82, 2.24) is 20.0 Å². The van der Waals surface area contributed by atoms with Gasteiger partial charge in [0.25, 0.3) is 0 Å². The molecule has 1 aromatic heterocycles. The van der Waals surface area contributed by atoms with Crippen LogP contribution < -0.4 is 10.6 Å². The van der Waals surface area contributed by atoms with Gasteiger partial charge in [-0.2, -0.15) is 5.10 Å². The zero-order chi connectivity index (χ0) is 17.8. The number of hydrogen-bond donors (Lipinski definition) is 2. The number of anilines is 1. The highest BCUT2D eigenvalue weighted by Crippen LogP contribution is 2.24. The van der Waals surface area contributed by atoms with Crippen LogP contribution in [0.2, 0.25) is 5.02 Å². The molecule has 2 aromatic rings. The van der Waals surface area contributed by atoms with Gasteiger partial charge in [-0.15, -0.1) is 0 Å². The van der Waals surface area contributed by atoms with E-state index >= 15 is 0 Å². The highest BCUT2D eigenvalue weighted by atomic mass is 35.5. The maximum Gasteiger partial charge on any atom is 0.242 e. The highest BCUT2D eigenvalue weighted by Gasteiger charge is 2.24. The van der Waals surface area contributed by atoms with Crippen molar-refractivity contribution in [3.63, 3.8) is 0 Å². The Bertz CT molecular complexity index is 758. The van der Waals surface area contributed by atoms with E-state index in [-0.39, 0.29) is 30.9 Å². The first-order valence-electron chi connectivity index (χ1n) is 8.09. The number of carbonyl (C=O) groups is 2. The van der Waals surface area contributed by atoms with Crippen LogP contribution in [-0.2, 0) is 9.59 Å². The molecule has 1 heterocycles. The first-order chi connectivity index (χ1) is 12.0. The van der Waals surface area contributed by atoms with Crippen LogP contribution >= 0.6 is 11.6 Å². The molecule has 1 aliphatic rings. The third kappa shape index (κ3) is 4.73. The van der Waals surface area contributed by atoms with Crippen molar-refractivity contribution >= 4 is 29.1 Å². The molecule has 1 saturated carbocycles. The molecule has 1 aromatic carbocycles. The Balaban J connectivity index is 1.59. The van der Waals surface area contributed by atoms with Gasteiger partial charge in [-0.05, 0) is 37.1 Å². The smallest absolute Gasteiger partial charge is 0.242 e. The molecular formula is C17H20ClN5O2. The highest BCUT2D eigenvalue weighted by molar-refractivity contribution is 6.31. The van der Waals surface area contributed by atoms with Gasteiger partial charge in [0.15, 0.2) is 0 Å². The molecule has 132 valence electrons. The minimum absolute atomic E-state index is 0.0541. The zero-order valence-electron chi connectivity index (χ0n) is 13.9.